The highest BCUT2D eigenvalue weighted by atomic mass is 16.3. The number of nitrogens with zero attached hydrogens (tertiary/aromatic N) is 4. The Morgan fingerprint density at radius 1 is 1.58 bits per heavy atom. The summed E-state index contributed by atoms with van der Waals surface area (Å²) >= 11 is 0. The van der Waals surface area contributed by atoms with Gasteiger partial charge in [0.2, 0.25) is 5.89 Å². The summed E-state index contributed by atoms with van der Waals surface area (Å²) in [6.45, 7) is 0.407. The predicted molar refractivity (Wildman–Crippen MR) is 40.0 cm³/mol. The summed E-state index contributed by atoms with van der Waals surface area (Å²) in [6.07, 6.45) is 4.55. The van der Waals surface area contributed by atoms with Crippen molar-refractivity contribution in [3.8, 4) is 0 Å². The molecule has 0 saturated carbocycles. The molecular formula is C6H7N5O. The maximum absolute atomic E-state index is 5.36. The van der Waals surface area contributed by atoms with Crippen LogP contribution in [-0.2, 0) is 6.54 Å². The van der Waals surface area contributed by atoms with E-state index in [1.54, 1.807) is 6.20 Å². The first-order valence-electron chi connectivity index (χ1n) is 3.38. The average molecular weight is 165 g/mol. The molecule has 0 aliphatic heterocycles. The molecule has 0 saturated heterocycles. The van der Waals surface area contributed by atoms with Gasteiger partial charge in [-0.25, -0.2) is 4.98 Å². The minimum atomic E-state index is 0.390. The molecule has 0 aliphatic carbocycles. The molecule has 62 valence electrons. The Morgan fingerprint density at radius 3 is 3.08 bits per heavy atom. The molecule has 6 heteroatoms. The summed E-state index contributed by atoms with van der Waals surface area (Å²) in [5.41, 5.74) is 5.36. The van der Waals surface area contributed by atoms with Gasteiger partial charge < -0.3 is 10.2 Å². The third-order valence-electron chi connectivity index (χ3n) is 1.31. The molecule has 0 aromatic carbocycles. The number of hydrogen-bond donors (Lipinski definition) is 1. The van der Waals surface area contributed by atoms with Crippen molar-refractivity contribution < 1.29 is 4.42 Å². The molecule has 6 nitrogen and oxygen atoms in total. The Kier molecular flexibility index (Phi) is 1.51. The van der Waals surface area contributed by atoms with Gasteiger partial charge in [-0.15, -0.1) is 5.10 Å². The second-order valence-corrected chi connectivity index (χ2v) is 2.23. The molecule has 0 atom stereocenters. The van der Waals surface area contributed by atoms with Crippen LogP contribution in [0.2, 0.25) is 0 Å². The third kappa shape index (κ3) is 1.26. The van der Waals surface area contributed by atoms with Crippen molar-refractivity contribution in [1.82, 2.24) is 20.0 Å². The molecule has 0 radical (unpaired) electrons. The number of hydrogen-bond acceptors (Lipinski definition) is 5. The van der Waals surface area contributed by atoms with Crippen molar-refractivity contribution >= 4 is 5.82 Å². The molecule has 2 aromatic heterocycles. The number of anilines is 1. The first-order valence-corrected chi connectivity index (χ1v) is 3.38. The Bertz CT molecular complexity index is 352. The van der Waals surface area contributed by atoms with E-state index in [2.05, 4.69) is 15.2 Å². The van der Waals surface area contributed by atoms with E-state index in [-0.39, 0.29) is 0 Å². The lowest BCUT2D eigenvalue weighted by atomic mass is 10.7. The first-order chi connectivity index (χ1) is 5.84. The van der Waals surface area contributed by atoms with Crippen LogP contribution >= 0.6 is 0 Å². The second kappa shape index (κ2) is 2.65. The SMILES string of the molecule is Nc1cnn(Cc2ncco2)n1. The molecule has 2 rings (SSSR count). The van der Waals surface area contributed by atoms with Crippen LogP contribution < -0.4 is 5.73 Å². The summed E-state index contributed by atoms with van der Waals surface area (Å²) < 4.78 is 4.99. The van der Waals surface area contributed by atoms with Gasteiger partial charge in [0.15, 0.2) is 5.82 Å². The Labute approximate surface area is 68.0 Å². The quantitative estimate of drug-likeness (QED) is 0.671. The van der Waals surface area contributed by atoms with Gasteiger partial charge in [-0.1, -0.05) is 0 Å². The zero-order valence-electron chi connectivity index (χ0n) is 6.21. The lowest BCUT2D eigenvalue weighted by Crippen LogP contribution is -2.04. The normalized spacial score (nSPS) is 10.3. The van der Waals surface area contributed by atoms with Crippen molar-refractivity contribution in [2.45, 2.75) is 6.54 Å². The van der Waals surface area contributed by atoms with Crippen LogP contribution in [-0.4, -0.2) is 20.0 Å². The fraction of sp³-hybridized carbons (Fsp3) is 0.167. The van der Waals surface area contributed by atoms with Crippen LogP contribution in [0, 0.1) is 0 Å². The van der Waals surface area contributed by atoms with Gasteiger partial charge in [-0.05, 0) is 0 Å². The van der Waals surface area contributed by atoms with Crippen molar-refractivity contribution in [3.05, 3.63) is 24.5 Å². The maximum Gasteiger partial charge on any atom is 0.217 e. The maximum atomic E-state index is 5.36. The van der Waals surface area contributed by atoms with Crippen LogP contribution in [0.4, 0.5) is 5.82 Å². The van der Waals surface area contributed by atoms with Gasteiger partial charge in [0.05, 0.1) is 12.4 Å². The summed E-state index contributed by atoms with van der Waals surface area (Å²) in [7, 11) is 0. The summed E-state index contributed by atoms with van der Waals surface area (Å²) in [4.78, 5) is 5.33. The standard InChI is InChI=1S/C6H7N5O/c7-5-3-9-11(10-5)4-6-8-1-2-12-6/h1-3H,4H2,(H2,7,10). The number of oxazole rings is 1. The zero-order chi connectivity index (χ0) is 8.39. The highest BCUT2D eigenvalue weighted by Crippen LogP contribution is 1.98. The monoisotopic (exact) mass is 165 g/mol. The number of rotatable bonds is 2. The molecule has 0 spiro atoms. The highest BCUT2D eigenvalue weighted by molar-refractivity contribution is 5.19. The largest absolute Gasteiger partial charge is 0.447 e. The van der Waals surface area contributed by atoms with Crippen molar-refractivity contribution in [2.75, 3.05) is 5.73 Å². The van der Waals surface area contributed by atoms with Gasteiger partial charge in [-0.3, -0.25) is 0 Å². The minimum Gasteiger partial charge on any atom is -0.447 e. The fourth-order valence-corrected chi connectivity index (χ4v) is 0.839. The zero-order valence-corrected chi connectivity index (χ0v) is 6.21. The minimum absolute atomic E-state index is 0.390. The van der Waals surface area contributed by atoms with Crippen LogP contribution in [0.15, 0.2) is 23.1 Å². The molecule has 2 N–H and O–H groups in total. The Balaban J connectivity index is 2.14. The molecule has 12 heavy (non-hydrogen) atoms. The van der Waals surface area contributed by atoms with Crippen LogP contribution in [0.3, 0.4) is 0 Å². The number of nitrogen functional groups attached to an aromatic ring is 1. The predicted octanol–water partition coefficient (Wildman–Crippen LogP) is -0.103. The molecule has 2 aromatic rings. The summed E-state index contributed by atoms with van der Waals surface area (Å²) in [5, 5.41) is 7.74. The van der Waals surface area contributed by atoms with E-state index < -0.39 is 0 Å². The third-order valence-corrected chi connectivity index (χ3v) is 1.31. The van der Waals surface area contributed by atoms with Gasteiger partial charge in [0.25, 0.3) is 0 Å². The number of aromatic nitrogens is 4. The molecule has 0 aliphatic rings. The molecule has 0 fully saturated rings. The molecule has 0 amide bonds. The van der Waals surface area contributed by atoms with Crippen molar-refractivity contribution in [2.24, 2.45) is 0 Å². The van der Waals surface area contributed by atoms with E-state index in [1.165, 1.54) is 17.3 Å². The van der Waals surface area contributed by atoms with Crippen LogP contribution in [0.1, 0.15) is 5.89 Å². The van der Waals surface area contributed by atoms with Crippen LogP contribution in [0.25, 0.3) is 0 Å². The first kappa shape index (κ1) is 6.84. The Morgan fingerprint density at radius 2 is 2.50 bits per heavy atom. The van der Waals surface area contributed by atoms with Gasteiger partial charge in [0, 0.05) is 0 Å². The van der Waals surface area contributed by atoms with E-state index in [0.717, 1.165) is 0 Å². The molecule has 0 bridgehead atoms. The Hall–Kier alpha value is -1.85. The summed E-state index contributed by atoms with van der Waals surface area (Å²) in [5.74, 6) is 0.951. The lowest BCUT2D eigenvalue weighted by Gasteiger charge is -1.92. The van der Waals surface area contributed by atoms with E-state index >= 15 is 0 Å². The highest BCUT2D eigenvalue weighted by Gasteiger charge is 2.00. The van der Waals surface area contributed by atoms with E-state index in [0.29, 0.717) is 18.3 Å². The molecule has 2 heterocycles. The van der Waals surface area contributed by atoms with Crippen molar-refractivity contribution in [3.63, 3.8) is 0 Å². The fourth-order valence-electron chi connectivity index (χ4n) is 0.839. The van der Waals surface area contributed by atoms with Gasteiger partial charge in [-0.2, -0.15) is 9.90 Å². The lowest BCUT2D eigenvalue weighted by molar-refractivity contribution is 0.444. The smallest absolute Gasteiger partial charge is 0.217 e. The van der Waals surface area contributed by atoms with Crippen molar-refractivity contribution in [1.29, 1.82) is 0 Å². The topological polar surface area (TPSA) is 82.8 Å². The van der Waals surface area contributed by atoms with Gasteiger partial charge >= 0.3 is 0 Å². The van der Waals surface area contributed by atoms with E-state index in [9.17, 15) is 0 Å². The second-order valence-electron chi connectivity index (χ2n) is 2.23. The van der Waals surface area contributed by atoms with Crippen LogP contribution in [0.5, 0.6) is 0 Å². The van der Waals surface area contributed by atoms with Gasteiger partial charge in [0.1, 0.15) is 12.8 Å². The van der Waals surface area contributed by atoms with E-state index in [4.69, 9.17) is 10.2 Å². The number of nitrogens with two attached hydrogens (primary N) is 1. The average Bonchev–Trinajstić information content (AvgIpc) is 2.63. The summed E-state index contributed by atoms with van der Waals surface area (Å²) in [6, 6.07) is 0. The molecule has 0 unspecified atom stereocenters. The van der Waals surface area contributed by atoms with E-state index in [1.807, 2.05) is 0 Å². The molecular weight excluding hydrogens is 158 g/mol.